The molecule has 5 nitrogen and oxygen atoms in total. The van der Waals surface area contributed by atoms with Gasteiger partial charge >= 0.3 is 0 Å². The first-order chi connectivity index (χ1) is 10.7. The van der Waals surface area contributed by atoms with E-state index in [1.807, 2.05) is 28.7 Å². The van der Waals surface area contributed by atoms with Gasteiger partial charge in [-0.1, -0.05) is 5.16 Å². The van der Waals surface area contributed by atoms with Crippen molar-refractivity contribution in [3.63, 3.8) is 0 Å². The lowest BCUT2D eigenvalue weighted by molar-refractivity contribution is -0.133. The first kappa shape index (κ1) is 13.9. The highest BCUT2D eigenvalue weighted by atomic mass is 32.1. The van der Waals surface area contributed by atoms with Crippen molar-refractivity contribution in [2.75, 3.05) is 6.54 Å². The molecule has 0 spiro atoms. The van der Waals surface area contributed by atoms with Crippen LogP contribution in [-0.4, -0.2) is 27.5 Å². The number of hydrogen-bond donors (Lipinski definition) is 0. The van der Waals surface area contributed by atoms with Crippen molar-refractivity contribution in [1.82, 2.24) is 15.0 Å². The molecule has 0 radical (unpaired) electrons. The van der Waals surface area contributed by atoms with Gasteiger partial charge in [0.2, 0.25) is 11.8 Å². The van der Waals surface area contributed by atoms with Crippen molar-refractivity contribution in [1.29, 1.82) is 0 Å². The summed E-state index contributed by atoms with van der Waals surface area (Å²) in [6, 6.07) is 2.00. The molecule has 1 aliphatic carbocycles. The number of carbonyl (C=O) groups excluding carboxylic acids is 1. The monoisotopic (exact) mass is 317 g/mol. The maximum Gasteiger partial charge on any atom is 0.230 e. The van der Waals surface area contributed by atoms with E-state index in [1.165, 1.54) is 0 Å². The molecule has 6 heteroatoms. The summed E-state index contributed by atoms with van der Waals surface area (Å²) in [5, 5.41) is 8.20. The smallest absolute Gasteiger partial charge is 0.230 e. The Labute approximate surface area is 133 Å². The van der Waals surface area contributed by atoms with Crippen LogP contribution in [0.4, 0.5) is 0 Å². The Balaban J connectivity index is 1.53. The summed E-state index contributed by atoms with van der Waals surface area (Å²) in [4.78, 5) is 19.3. The standard InChI is InChI=1S/C16H19N3O2S/c1-10(12-6-8-22-9-12)16(20)19-7-2-3-13(19)14-17-15(21-18-14)11-4-5-11/h6,8-11,13H,2-5,7H2,1H3/t10-,13-/m0/s1. The van der Waals surface area contributed by atoms with Crippen LogP contribution in [0.5, 0.6) is 0 Å². The van der Waals surface area contributed by atoms with Crippen LogP contribution in [0.15, 0.2) is 21.3 Å². The minimum Gasteiger partial charge on any atom is -0.339 e. The predicted molar refractivity (Wildman–Crippen MR) is 82.7 cm³/mol. The van der Waals surface area contributed by atoms with Crippen LogP contribution in [0.2, 0.25) is 0 Å². The van der Waals surface area contributed by atoms with Gasteiger partial charge in [-0.3, -0.25) is 4.79 Å². The molecular weight excluding hydrogens is 298 g/mol. The van der Waals surface area contributed by atoms with E-state index in [4.69, 9.17) is 4.52 Å². The third-order valence-electron chi connectivity index (χ3n) is 4.63. The maximum atomic E-state index is 12.8. The van der Waals surface area contributed by atoms with E-state index < -0.39 is 0 Å². The highest BCUT2D eigenvalue weighted by Gasteiger charge is 2.37. The average Bonchev–Trinajstić information content (AvgIpc) is 3.02. The number of nitrogens with zero attached hydrogens (tertiary/aromatic N) is 3. The molecule has 4 rings (SSSR count). The molecule has 0 unspecified atom stereocenters. The summed E-state index contributed by atoms with van der Waals surface area (Å²) < 4.78 is 5.36. The molecule has 2 fully saturated rings. The number of likely N-dealkylation sites (tertiary alicyclic amines) is 1. The minimum absolute atomic E-state index is 0.0233. The van der Waals surface area contributed by atoms with Gasteiger partial charge in [0.1, 0.15) is 0 Å². The number of rotatable bonds is 4. The predicted octanol–water partition coefficient (Wildman–Crippen LogP) is 3.48. The highest BCUT2D eigenvalue weighted by Crippen LogP contribution is 2.40. The molecule has 2 atom stereocenters. The Morgan fingerprint density at radius 3 is 3.05 bits per heavy atom. The summed E-state index contributed by atoms with van der Waals surface area (Å²) in [7, 11) is 0. The fourth-order valence-electron chi connectivity index (χ4n) is 3.09. The Hall–Kier alpha value is -1.69. The molecule has 116 valence electrons. The largest absolute Gasteiger partial charge is 0.339 e. The number of aromatic nitrogens is 2. The van der Waals surface area contributed by atoms with Crippen LogP contribution < -0.4 is 0 Å². The zero-order chi connectivity index (χ0) is 15.1. The van der Waals surface area contributed by atoms with Crippen LogP contribution in [0.3, 0.4) is 0 Å². The second-order valence-corrected chi connectivity index (χ2v) is 7.01. The fraction of sp³-hybridized carbons (Fsp3) is 0.562. The quantitative estimate of drug-likeness (QED) is 0.866. The molecule has 1 aliphatic heterocycles. The highest BCUT2D eigenvalue weighted by molar-refractivity contribution is 7.08. The summed E-state index contributed by atoms with van der Waals surface area (Å²) in [6.07, 6.45) is 4.21. The molecule has 1 amide bonds. The summed E-state index contributed by atoms with van der Waals surface area (Å²) in [6.45, 7) is 2.76. The summed E-state index contributed by atoms with van der Waals surface area (Å²) in [5.41, 5.74) is 1.09. The molecule has 0 N–H and O–H groups in total. The molecule has 2 aliphatic rings. The van der Waals surface area contributed by atoms with Gasteiger partial charge < -0.3 is 9.42 Å². The summed E-state index contributed by atoms with van der Waals surface area (Å²) in [5.74, 6) is 1.95. The van der Waals surface area contributed by atoms with Gasteiger partial charge in [-0.05, 0) is 55.0 Å². The molecule has 2 aromatic heterocycles. The SMILES string of the molecule is C[C@H](C(=O)N1CCC[C@H]1c1noc(C2CC2)n1)c1ccsc1. The number of amides is 1. The topological polar surface area (TPSA) is 59.2 Å². The number of thiophene rings is 1. The summed E-state index contributed by atoms with van der Waals surface area (Å²) >= 11 is 1.63. The van der Waals surface area contributed by atoms with Gasteiger partial charge in [0.25, 0.3) is 0 Å². The second-order valence-electron chi connectivity index (χ2n) is 6.23. The number of carbonyl (C=O) groups is 1. The molecule has 2 aromatic rings. The van der Waals surface area contributed by atoms with Gasteiger partial charge in [0.15, 0.2) is 5.82 Å². The third-order valence-corrected chi connectivity index (χ3v) is 5.33. The van der Waals surface area contributed by atoms with Crippen LogP contribution in [0.25, 0.3) is 0 Å². The van der Waals surface area contributed by atoms with Gasteiger partial charge in [-0.15, -0.1) is 0 Å². The zero-order valence-electron chi connectivity index (χ0n) is 12.6. The first-order valence-electron chi connectivity index (χ1n) is 7.90. The normalized spacial score (nSPS) is 23.0. The van der Waals surface area contributed by atoms with Gasteiger partial charge in [0, 0.05) is 12.5 Å². The van der Waals surface area contributed by atoms with Gasteiger partial charge in [-0.2, -0.15) is 16.3 Å². The van der Waals surface area contributed by atoms with Gasteiger partial charge in [-0.25, -0.2) is 0 Å². The molecule has 0 aromatic carbocycles. The van der Waals surface area contributed by atoms with Crippen molar-refractivity contribution in [2.24, 2.45) is 0 Å². The lowest BCUT2D eigenvalue weighted by Gasteiger charge is -2.25. The van der Waals surface area contributed by atoms with E-state index in [9.17, 15) is 4.79 Å². The maximum absolute atomic E-state index is 12.8. The average molecular weight is 317 g/mol. The lowest BCUT2D eigenvalue weighted by Crippen LogP contribution is -2.34. The Kier molecular flexibility index (Phi) is 3.48. The second kappa shape index (κ2) is 5.50. The van der Waals surface area contributed by atoms with E-state index in [-0.39, 0.29) is 17.9 Å². The van der Waals surface area contributed by atoms with Crippen molar-refractivity contribution >= 4 is 17.2 Å². The molecule has 3 heterocycles. The minimum atomic E-state index is -0.110. The Bertz CT molecular complexity index is 663. The molecule has 1 saturated carbocycles. The molecule has 1 saturated heterocycles. The molecule has 22 heavy (non-hydrogen) atoms. The van der Waals surface area contributed by atoms with Crippen LogP contribution in [0.1, 0.15) is 67.8 Å². The van der Waals surface area contributed by atoms with Crippen LogP contribution in [-0.2, 0) is 4.79 Å². The Morgan fingerprint density at radius 1 is 1.45 bits per heavy atom. The van der Waals surface area contributed by atoms with Crippen molar-refractivity contribution < 1.29 is 9.32 Å². The fourth-order valence-corrected chi connectivity index (χ4v) is 3.84. The van der Waals surface area contributed by atoms with E-state index in [2.05, 4.69) is 10.1 Å². The van der Waals surface area contributed by atoms with Crippen molar-refractivity contribution in [3.05, 3.63) is 34.1 Å². The van der Waals surface area contributed by atoms with E-state index in [0.717, 1.165) is 43.7 Å². The van der Waals surface area contributed by atoms with Crippen LogP contribution >= 0.6 is 11.3 Å². The van der Waals surface area contributed by atoms with Gasteiger partial charge in [0.05, 0.1) is 12.0 Å². The number of hydrogen-bond acceptors (Lipinski definition) is 5. The first-order valence-corrected chi connectivity index (χ1v) is 8.84. The molecular formula is C16H19N3O2S. The van der Waals surface area contributed by atoms with E-state index >= 15 is 0 Å². The zero-order valence-corrected chi connectivity index (χ0v) is 13.4. The lowest BCUT2D eigenvalue weighted by atomic mass is 10.0. The Morgan fingerprint density at radius 2 is 2.32 bits per heavy atom. The van der Waals surface area contributed by atoms with E-state index in [0.29, 0.717) is 11.7 Å². The molecule has 0 bridgehead atoms. The third kappa shape index (κ3) is 2.45. The van der Waals surface area contributed by atoms with Crippen molar-refractivity contribution in [3.8, 4) is 0 Å². The van der Waals surface area contributed by atoms with E-state index in [1.54, 1.807) is 11.3 Å². The van der Waals surface area contributed by atoms with Crippen molar-refractivity contribution in [2.45, 2.75) is 50.5 Å². The van der Waals surface area contributed by atoms with Crippen LogP contribution in [0, 0.1) is 0 Å².